The van der Waals surface area contributed by atoms with Crippen molar-refractivity contribution in [1.29, 1.82) is 0 Å². The molecule has 0 aliphatic heterocycles. The maximum Gasteiger partial charge on any atom is 0.0205 e. The van der Waals surface area contributed by atoms with Crippen LogP contribution < -0.4 is 5.32 Å². The van der Waals surface area contributed by atoms with Crippen molar-refractivity contribution >= 4 is 0 Å². The molecule has 0 bridgehead atoms. The largest absolute Gasteiger partial charge is 0.312 e. The van der Waals surface area contributed by atoms with Gasteiger partial charge in [0.15, 0.2) is 0 Å². The van der Waals surface area contributed by atoms with E-state index in [9.17, 15) is 0 Å². The van der Waals surface area contributed by atoms with Gasteiger partial charge in [0.2, 0.25) is 0 Å². The van der Waals surface area contributed by atoms with Crippen LogP contribution in [0.4, 0.5) is 0 Å². The highest BCUT2D eigenvalue weighted by Crippen LogP contribution is 2.36. The zero-order valence-electron chi connectivity index (χ0n) is 13.1. The van der Waals surface area contributed by atoms with Crippen molar-refractivity contribution < 1.29 is 0 Å². The summed E-state index contributed by atoms with van der Waals surface area (Å²) in [6.07, 6.45) is 5.61. The average Bonchev–Trinajstić information content (AvgIpc) is 2.76. The van der Waals surface area contributed by atoms with E-state index < -0.39 is 0 Å². The van der Waals surface area contributed by atoms with Crippen LogP contribution in [0.15, 0.2) is 24.3 Å². The quantitative estimate of drug-likeness (QED) is 0.829. The SMILES string of the molecule is CC1(CNCc2ccc(C(C)(C)C)cc2)CCCC1. The van der Waals surface area contributed by atoms with Gasteiger partial charge in [-0.3, -0.25) is 0 Å². The van der Waals surface area contributed by atoms with Gasteiger partial charge in [0, 0.05) is 13.1 Å². The van der Waals surface area contributed by atoms with Crippen LogP contribution in [0.1, 0.15) is 64.5 Å². The molecular weight excluding hydrogens is 230 g/mol. The second-order valence-corrected chi connectivity index (χ2v) is 7.57. The summed E-state index contributed by atoms with van der Waals surface area (Å²) in [4.78, 5) is 0. The second kappa shape index (κ2) is 5.66. The third-order valence-corrected chi connectivity index (χ3v) is 4.51. The lowest BCUT2D eigenvalue weighted by atomic mass is 9.86. The van der Waals surface area contributed by atoms with Crippen LogP contribution in [0.25, 0.3) is 0 Å². The Morgan fingerprint density at radius 3 is 2.16 bits per heavy atom. The Bertz CT molecular complexity index is 391. The molecule has 1 N–H and O–H groups in total. The van der Waals surface area contributed by atoms with E-state index in [-0.39, 0.29) is 5.41 Å². The van der Waals surface area contributed by atoms with Gasteiger partial charge in [-0.25, -0.2) is 0 Å². The van der Waals surface area contributed by atoms with E-state index in [1.54, 1.807) is 0 Å². The molecule has 1 aliphatic rings. The van der Waals surface area contributed by atoms with Crippen LogP contribution in [0.5, 0.6) is 0 Å². The Balaban J connectivity index is 1.83. The van der Waals surface area contributed by atoms with E-state index >= 15 is 0 Å². The van der Waals surface area contributed by atoms with Crippen molar-refractivity contribution in [2.75, 3.05) is 6.54 Å². The molecule has 106 valence electrons. The van der Waals surface area contributed by atoms with E-state index in [0.29, 0.717) is 5.41 Å². The highest BCUT2D eigenvalue weighted by atomic mass is 14.9. The van der Waals surface area contributed by atoms with Gasteiger partial charge in [-0.15, -0.1) is 0 Å². The second-order valence-electron chi connectivity index (χ2n) is 7.57. The molecule has 0 unspecified atom stereocenters. The number of hydrogen-bond acceptors (Lipinski definition) is 1. The van der Waals surface area contributed by atoms with E-state index in [4.69, 9.17) is 0 Å². The highest BCUT2D eigenvalue weighted by molar-refractivity contribution is 5.27. The van der Waals surface area contributed by atoms with Crippen molar-refractivity contribution in [2.24, 2.45) is 5.41 Å². The first-order valence-electron chi connectivity index (χ1n) is 7.69. The summed E-state index contributed by atoms with van der Waals surface area (Å²) in [6, 6.07) is 9.08. The molecule has 19 heavy (non-hydrogen) atoms. The van der Waals surface area contributed by atoms with Crippen molar-refractivity contribution in [3.63, 3.8) is 0 Å². The first kappa shape index (κ1) is 14.6. The maximum atomic E-state index is 3.64. The topological polar surface area (TPSA) is 12.0 Å². The van der Waals surface area contributed by atoms with Crippen LogP contribution in [0, 0.1) is 5.41 Å². The Kier molecular flexibility index (Phi) is 4.35. The molecule has 1 saturated carbocycles. The molecule has 1 aliphatic carbocycles. The molecule has 1 fully saturated rings. The molecule has 0 atom stereocenters. The molecule has 0 spiro atoms. The van der Waals surface area contributed by atoms with Gasteiger partial charge in [0.1, 0.15) is 0 Å². The number of benzene rings is 1. The molecule has 0 heterocycles. The smallest absolute Gasteiger partial charge is 0.0205 e. The molecule has 0 radical (unpaired) electrons. The molecule has 1 heteroatoms. The fourth-order valence-electron chi connectivity index (χ4n) is 3.04. The summed E-state index contributed by atoms with van der Waals surface area (Å²) < 4.78 is 0. The summed E-state index contributed by atoms with van der Waals surface area (Å²) in [6.45, 7) is 11.4. The van der Waals surface area contributed by atoms with Crippen LogP contribution in [-0.2, 0) is 12.0 Å². The van der Waals surface area contributed by atoms with Gasteiger partial charge >= 0.3 is 0 Å². The normalized spacial score (nSPS) is 18.7. The number of rotatable bonds is 4. The zero-order chi connectivity index (χ0) is 13.9. The van der Waals surface area contributed by atoms with Crippen LogP contribution in [0.2, 0.25) is 0 Å². The van der Waals surface area contributed by atoms with Crippen LogP contribution >= 0.6 is 0 Å². The minimum absolute atomic E-state index is 0.253. The minimum Gasteiger partial charge on any atom is -0.312 e. The lowest BCUT2D eigenvalue weighted by Gasteiger charge is -2.24. The molecular formula is C18H29N. The molecule has 1 aromatic carbocycles. The first-order valence-corrected chi connectivity index (χ1v) is 7.69. The summed E-state index contributed by atoms with van der Waals surface area (Å²) in [5.41, 5.74) is 3.61. The number of hydrogen-bond donors (Lipinski definition) is 1. The van der Waals surface area contributed by atoms with E-state index in [1.807, 2.05) is 0 Å². The summed E-state index contributed by atoms with van der Waals surface area (Å²) in [7, 11) is 0. The Labute approximate surface area is 118 Å². The predicted octanol–water partition coefficient (Wildman–Crippen LogP) is 4.65. The molecule has 0 aromatic heterocycles. The highest BCUT2D eigenvalue weighted by Gasteiger charge is 2.27. The summed E-state index contributed by atoms with van der Waals surface area (Å²) in [5.74, 6) is 0. The molecule has 1 nitrogen and oxygen atoms in total. The molecule has 1 aromatic rings. The minimum atomic E-state index is 0.253. The molecule has 0 saturated heterocycles. The van der Waals surface area contributed by atoms with Crippen molar-refractivity contribution in [1.82, 2.24) is 5.32 Å². The van der Waals surface area contributed by atoms with Gasteiger partial charge in [-0.1, -0.05) is 64.8 Å². The third kappa shape index (κ3) is 4.07. The molecule has 2 rings (SSSR count). The van der Waals surface area contributed by atoms with Crippen molar-refractivity contribution in [2.45, 2.75) is 65.3 Å². The predicted molar refractivity (Wildman–Crippen MR) is 83.4 cm³/mol. The van der Waals surface area contributed by atoms with Crippen LogP contribution in [0.3, 0.4) is 0 Å². The Morgan fingerprint density at radius 1 is 1.05 bits per heavy atom. The van der Waals surface area contributed by atoms with Crippen LogP contribution in [-0.4, -0.2) is 6.54 Å². The fraction of sp³-hybridized carbons (Fsp3) is 0.667. The first-order chi connectivity index (χ1) is 8.89. The van der Waals surface area contributed by atoms with Gasteiger partial charge < -0.3 is 5.32 Å². The van der Waals surface area contributed by atoms with Gasteiger partial charge in [-0.05, 0) is 34.8 Å². The number of nitrogens with one attached hydrogen (secondary N) is 1. The maximum absolute atomic E-state index is 3.64. The van der Waals surface area contributed by atoms with E-state index in [0.717, 1.165) is 13.1 Å². The fourth-order valence-corrected chi connectivity index (χ4v) is 3.04. The third-order valence-electron chi connectivity index (χ3n) is 4.51. The standard InChI is InChI=1S/C18H29N/c1-17(2,3)16-9-7-15(8-10-16)13-19-14-18(4)11-5-6-12-18/h7-10,19H,5-6,11-14H2,1-4H3. The van der Waals surface area contributed by atoms with Crippen molar-refractivity contribution in [3.05, 3.63) is 35.4 Å². The van der Waals surface area contributed by atoms with Gasteiger partial charge in [-0.2, -0.15) is 0 Å². The zero-order valence-corrected chi connectivity index (χ0v) is 13.1. The van der Waals surface area contributed by atoms with Gasteiger partial charge in [0.05, 0.1) is 0 Å². The Morgan fingerprint density at radius 2 is 1.63 bits per heavy atom. The lowest BCUT2D eigenvalue weighted by molar-refractivity contribution is 0.314. The van der Waals surface area contributed by atoms with Crippen molar-refractivity contribution in [3.8, 4) is 0 Å². The molecule has 0 amide bonds. The monoisotopic (exact) mass is 259 g/mol. The average molecular weight is 259 g/mol. The summed E-state index contributed by atoms with van der Waals surface area (Å²) >= 11 is 0. The van der Waals surface area contributed by atoms with E-state index in [1.165, 1.54) is 36.8 Å². The van der Waals surface area contributed by atoms with Gasteiger partial charge in [0.25, 0.3) is 0 Å². The Hall–Kier alpha value is -0.820. The summed E-state index contributed by atoms with van der Waals surface area (Å²) in [5, 5.41) is 3.64. The lowest BCUT2D eigenvalue weighted by Crippen LogP contribution is -2.29. The van der Waals surface area contributed by atoms with E-state index in [2.05, 4.69) is 57.3 Å².